The molecule has 0 spiro atoms. The number of rotatable bonds is 6. The maximum absolute atomic E-state index is 11.6. The van der Waals surface area contributed by atoms with E-state index in [0.29, 0.717) is 25.3 Å². The van der Waals surface area contributed by atoms with Crippen molar-refractivity contribution in [3.05, 3.63) is 0 Å². The van der Waals surface area contributed by atoms with Gasteiger partial charge in [-0.1, -0.05) is 0 Å². The number of nitrogens with one attached hydrogen (secondary N) is 3. The monoisotopic (exact) mass is 299 g/mol. The number of carboxylic acids is 1. The first-order valence-electron chi connectivity index (χ1n) is 7.42. The zero-order valence-corrected chi connectivity index (χ0v) is 12.6. The fourth-order valence-electron chi connectivity index (χ4n) is 2.45. The van der Waals surface area contributed by atoms with Crippen LogP contribution in [0.3, 0.4) is 0 Å². The van der Waals surface area contributed by atoms with Crippen LogP contribution in [0, 0.1) is 11.8 Å². The van der Waals surface area contributed by atoms with E-state index >= 15 is 0 Å². The minimum absolute atomic E-state index is 0.0459. The van der Waals surface area contributed by atoms with Gasteiger partial charge in [0.1, 0.15) is 0 Å². The molecule has 7 nitrogen and oxygen atoms in total. The van der Waals surface area contributed by atoms with Gasteiger partial charge in [0, 0.05) is 12.6 Å². The fraction of sp³-hybridized carbons (Fsp3) is 0.786. The Hall–Kier alpha value is -1.79. The highest BCUT2D eigenvalue weighted by Gasteiger charge is 2.25. The summed E-state index contributed by atoms with van der Waals surface area (Å²) in [6.07, 6.45) is 2.95. The molecule has 0 unspecified atom stereocenters. The van der Waals surface area contributed by atoms with Gasteiger partial charge in [0.05, 0.1) is 12.5 Å². The van der Waals surface area contributed by atoms with Crippen LogP contribution in [-0.2, 0) is 9.59 Å². The molecule has 1 aliphatic rings. The van der Waals surface area contributed by atoms with Crippen molar-refractivity contribution in [1.29, 1.82) is 0 Å². The summed E-state index contributed by atoms with van der Waals surface area (Å²) in [5.41, 5.74) is 0. The Morgan fingerprint density at radius 3 is 2.24 bits per heavy atom. The summed E-state index contributed by atoms with van der Waals surface area (Å²) in [6.45, 7) is 4.18. The van der Waals surface area contributed by atoms with E-state index in [9.17, 15) is 14.4 Å². The van der Waals surface area contributed by atoms with Gasteiger partial charge in [-0.25, -0.2) is 4.79 Å². The van der Waals surface area contributed by atoms with Crippen LogP contribution in [0.5, 0.6) is 0 Å². The third kappa shape index (κ3) is 6.97. The molecule has 1 saturated carbocycles. The lowest BCUT2D eigenvalue weighted by atomic mass is 9.82. The summed E-state index contributed by atoms with van der Waals surface area (Å²) >= 11 is 0. The van der Waals surface area contributed by atoms with Crippen molar-refractivity contribution in [2.75, 3.05) is 13.1 Å². The molecule has 4 N–H and O–H groups in total. The van der Waals surface area contributed by atoms with Crippen LogP contribution in [0.4, 0.5) is 4.79 Å². The van der Waals surface area contributed by atoms with Crippen LogP contribution < -0.4 is 16.0 Å². The van der Waals surface area contributed by atoms with Crippen molar-refractivity contribution < 1.29 is 19.5 Å². The van der Waals surface area contributed by atoms with Crippen LogP contribution in [0.25, 0.3) is 0 Å². The standard InChI is InChI=1S/C14H25N3O4/c1-9(2)17-12(18)8-16-14(21)15-7-10-3-5-11(6-4-10)13(19)20/h9-11H,3-8H2,1-2H3,(H,17,18)(H,19,20)(H2,15,16,21). The Labute approximate surface area is 124 Å². The van der Waals surface area contributed by atoms with Crippen LogP contribution in [0.1, 0.15) is 39.5 Å². The highest BCUT2D eigenvalue weighted by atomic mass is 16.4. The van der Waals surface area contributed by atoms with E-state index < -0.39 is 5.97 Å². The molecule has 1 aliphatic carbocycles. The maximum atomic E-state index is 11.6. The van der Waals surface area contributed by atoms with Crippen molar-refractivity contribution in [3.63, 3.8) is 0 Å². The number of amides is 3. The predicted octanol–water partition coefficient (Wildman–Crippen LogP) is 0.701. The molecule has 0 heterocycles. The van der Waals surface area contributed by atoms with Crippen LogP contribution in [-0.4, -0.2) is 42.1 Å². The molecular weight excluding hydrogens is 274 g/mol. The van der Waals surface area contributed by atoms with E-state index in [4.69, 9.17) is 5.11 Å². The van der Waals surface area contributed by atoms with Crippen molar-refractivity contribution in [3.8, 4) is 0 Å². The maximum Gasteiger partial charge on any atom is 0.315 e. The molecule has 0 atom stereocenters. The SMILES string of the molecule is CC(C)NC(=O)CNC(=O)NCC1CCC(C(=O)O)CC1. The summed E-state index contributed by atoms with van der Waals surface area (Å²) < 4.78 is 0. The number of carbonyl (C=O) groups excluding carboxylic acids is 2. The largest absolute Gasteiger partial charge is 0.481 e. The third-order valence-electron chi connectivity index (χ3n) is 3.61. The van der Waals surface area contributed by atoms with Crippen molar-refractivity contribution in [1.82, 2.24) is 16.0 Å². The minimum atomic E-state index is -0.727. The second kappa shape index (κ2) is 8.49. The lowest BCUT2D eigenvalue weighted by molar-refractivity contribution is -0.143. The van der Waals surface area contributed by atoms with Gasteiger partial charge >= 0.3 is 12.0 Å². The van der Waals surface area contributed by atoms with Gasteiger partial charge in [-0.3, -0.25) is 9.59 Å². The number of aliphatic carboxylic acids is 1. The highest BCUT2D eigenvalue weighted by molar-refractivity contribution is 5.83. The molecule has 0 saturated heterocycles. The number of hydrogen-bond donors (Lipinski definition) is 4. The molecule has 0 aromatic rings. The Morgan fingerprint density at radius 1 is 1.10 bits per heavy atom. The predicted molar refractivity (Wildman–Crippen MR) is 77.8 cm³/mol. The quantitative estimate of drug-likeness (QED) is 0.579. The van der Waals surface area contributed by atoms with Gasteiger partial charge in [-0.2, -0.15) is 0 Å². The van der Waals surface area contributed by atoms with Gasteiger partial charge in [-0.05, 0) is 45.4 Å². The summed E-state index contributed by atoms with van der Waals surface area (Å²) in [4.78, 5) is 33.7. The molecule has 120 valence electrons. The minimum Gasteiger partial charge on any atom is -0.481 e. The molecule has 7 heteroatoms. The summed E-state index contributed by atoms with van der Waals surface area (Å²) in [5, 5.41) is 16.8. The van der Waals surface area contributed by atoms with Crippen molar-refractivity contribution in [2.24, 2.45) is 11.8 Å². The van der Waals surface area contributed by atoms with Crippen LogP contribution >= 0.6 is 0 Å². The highest BCUT2D eigenvalue weighted by Crippen LogP contribution is 2.28. The van der Waals surface area contributed by atoms with Gasteiger partial charge < -0.3 is 21.1 Å². The first-order chi connectivity index (χ1) is 9.88. The summed E-state index contributed by atoms with van der Waals surface area (Å²) in [7, 11) is 0. The van der Waals surface area contributed by atoms with Crippen molar-refractivity contribution in [2.45, 2.75) is 45.6 Å². The van der Waals surface area contributed by atoms with E-state index in [0.717, 1.165) is 12.8 Å². The van der Waals surface area contributed by atoms with Crippen LogP contribution in [0.15, 0.2) is 0 Å². The molecule has 21 heavy (non-hydrogen) atoms. The Morgan fingerprint density at radius 2 is 1.71 bits per heavy atom. The molecular formula is C14H25N3O4. The Bertz CT molecular complexity index is 376. The molecule has 3 amide bonds. The second-order valence-electron chi connectivity index (χ2n) is 5.84. The van der Waals surface area contributed by atoms with Crippen LogP contribution in [0.2, 0.25) is 0 Å². The Balaban J connectivity index is 2.14. The number of urea groups is 1. The number of hydrogen-bond acceptors (Lipinski definition) is 3. The van der Waals surface area contributed by atoms with E-state index in [1.807, 2.05) is 13.8 Å². The third-order valence-corrected chi connectivity index (χ3v) is 3.61. The first kappa shape index (κ1) is 17.3. The molecule has 0 aromatic heterocycles. The average Bonchev–Trinajstić information content (AvgIpc) is 2.42. The lowest BCUT2D eigenvalue weighted by Crippen LogP contribution is -2.44. The zero-order valence-electron chi connectivity index (χ0n) is 12.6. The summed E-state index contributed by atoms with van der Waals surface area (Å²) in [6, 6.07) is -0.318. The molecule has 1 rings (SSSR count). The zero-order chi connectivity index (χ0) is 15.8. The van der Waals surface area contributed by atoms with E-state index in [2.05, 4.69) is 16.0 Å². The Kier molecular flexibility index (Phi) is 6.98. The molecule has 0 aliphatic heterocycles. The van der Waals surface area contributed by atoms with Gasteiger partial charge in [0.2, 0.25) is 5.91 Å². The second-order valence-corrected chi connectivity index (χ2v) is 5.84. The normalized spacial score (nSPS) is 21.7. The fourth-order valence-corrected chi connectivity index (χ4v) is 2.45. The van der Waals surface area contributed by atoms with E-state index in [1.54, 1.807) is 0 Å². The smallest absolute Gasteiger partial charge is 0.315 e. The van der Waals surface area contributed by atoms with Gasteiger partial charge in [0.25, 0.3) is 0 Å². The topological polar surface area (TPSA) is 108 Å². The van der Waals surface area contributed by atoms with E-state index in [1.165, 1.54) is 0 Å². The van der Waals surface area contributed by atoms with Crippen molar-refractivity contribution >= 4 is 17.9 Å². The average molecular weight is 299 g/mol. The lowest BCUT2D eigenvalue weighted by Gasteiger charge is -2.26. The molecule has 0 bridgehead atoms. The molecule has 0 radical (unpaired) electrons. The summed E-state index contributed by atoms with van der Waals surface area (Å²) in [5.74, 6) is -0.872. The van der Waals surface area contributed by atoms with Gasteiger partial charge in [-0.15, -0.1) is 0 Å². The first-order valence-corrected chi connectivity index (χ1v) is 7.42. The van der Waals surface area contributed by atoms with E-state index in [-0.39, 0.29) is 30.4 Å². The van der Waals surface area contributed by atoms with Gasteiger partial charge in [0.15, 0.2) is 0 Å². The molecule has 1 fully saturated rings. The number of carbonyl (C=O) groups is 3. The molecule has 0 aromatic carbocycles. The number of carboxylic acid groups (broad SMARTS) is 1.